The van der Waals surface area contributed by atoms with Crippen molar-refractivity contribution in [2.75, 3.05) is 19.6 Å². The molecule has 1 aromatic rings. The van der Waals surface area contributed by atoms with Crippen LogP contribution in [0.15, 0.2) is 23.5 Å². The average molecular weight is 293 g/mol. The Balaban J connectivity index is 2.22. The van der Waals surface area contributed by atoms with Crippen molar-refractivity contribution in [2.45, 2.75) is 53.5 Å². The fourth-order valence-corrected chi connectivity index (χ4v) is 2.02. The predicted octanol–water partition coefficient (Wildman–Crippen LogP) is 2.65. The SMILES string of the molecule is CCNC(=NCCCn1cccn1)NCCCC(C)(C)C. The molecule has 0 spiro atoms. The summed E-state index contributed by atoms with van der Waals surface area (Å²) >= 11 is 0. The highest BCUT2D eigenvalue weighted by Crippen LogP contribution is 2.19. The van der Waals surface area contributed by atoms with Crippen LogP contribution in [-0.4, -0.2) is 35.4 Å². The van der Waals surface area contributed by atoms with Gasteiger partial charge < -0.3 is 10.6 Å². The van der Waals surface area contributed by atoms with Gasteiger partial charge >= 0.3 is 0 Å². The summed E-state index contributed by atoms with van der Waals surface area (Å²) in [6.07, 6.45) is 7.18. The van der Waals surface area contributed by atoms with Crippen molar-refractivity contribution < 1.29 is 0 Å². The van der Waals surface area contributed by atoms with Gasteiger partial charge in [-0.25, -0.2) is 0 Å². The van der Waals surface area contributed by atoms with Gasteiger partial charge in [0.15, 0.2) is 5.96 Å². The van der Waals surface area contributed by atoms with E-state index in [-0.39, 0.29) is 0 Å². The topological polar surface area (TPSA) is 54.2 Å². The lowest BCUT2D eigenvalue weighted by Gasteiger charge is -2.18. The number of nitrogens with zero attached hydrogens (tertiary/aromatic N) is 3. The molecule has 2 N–H and O–H groups in total. The third kappa shape index (κ3) is 9.10. The second kappa shape index (κ2) is 9.42. The van der Waals surface area contributed by atoms with Crippen LogP contribution in [-0.2, 0) is 6.54 Å². The zero-order chi connectivity index (χ0) is 15.6. The van der Waals surface area contributed by atoms with E-state index in [0.29, 0.717) is 5.41 Å². The van der Waals surface area contributed by atoms with Gasteiger partial charge in [0.1, 0.15) is 0 Å². The van der Waals surface area contributed by atoms with Gasteiger partial charge in [0.2, 0.25) is 0 Å². The first-order chi connectivity index (χ1) is 10.0. The van der Waals surface area contributed by atoms with E-state index >= 15 is 0 Å². The fraction of sp³-hybridized carbons (Fsp3) is 0.750. The standard InChI is InChI=1S/C16H31N5/c1-5-17-15(18-10-6-9-16(2,3)4)19-11-7-13-21-14-8-12-20-21/h8,12,14H,5-7,9-11,13H2,1-4H3,(H2,17,18,19). The number of aryl methyl sites for hydroxylation is 1. The van der Waals surface area contributed by atoms with Crippen molar-refractivity contribution in [3.8, 4) is 0 Å². The first-order valence-corrected chi connectivity index (χ1v) is 8.01. The summed E-state index contributed by atoms with van der Waals surface area (Å²) < 4.78 is 1.94. The van der Waals surface area contributed by atoms with Crippen LogP contribution in [0.2, 0.25) is 0 Å². The molecule has 0 saturated heterocycles. The largest absolute Gasteiger partial charge is 0.357 e. The Morgan fingerprint density at radius 3 is 2.67 bits per heavy atom. The number of nitrogens with one attached hydrogen (secondary N) is 2. The molecular weight excluding hydrogens is 262 g/mol. The summed E-state index contributed by atoms with van der Waals surface area (Å²) in [7, 11) is 0. The van der Waals surface area contributed by atoms with Crippen molar-refractivity contribution in [1.29, 1.82) is 0 Å². The van der Waals surface area contributed by atoms with E-state index in [2.05, 4.69) is 48.4 Å². The zero-order valence-electron chi connectivity index (χ0n) is 14.0. The smallest absolute Gasteiger partial charge is 0.191 e. The summed E-state index contributed by atoms with van der Waals surface area (Å²) in [5.74, 6) is 0.923. The molecule has 0 aromatic carbocycles. The van der Waals surface area contributed by atoms with Crippen LogP contribution in [0.1, 0.15) is 47.0 Å². The van der Waals surface area contributed by atoms with E-state index in [0.717, 1.165) is 38.6 Å². The minimum atomic E-state index is 0.404. The van der Waals surface area contributed by atoms with Crippen molar-refractivity contribution >= 4 is 5.96 Å². The number of rotatable bonds is 8. The van der Waals surface area contributed by atoms with Gasteiger partial charge in [-0.3, -0.25) is 9.67 Å². The molecule has 0 aliphatic heterocycles. The van der Waals surface area contributed by atoms with E-state index < -0.39 is 0 Å². The molecule has 1 aromatic heterocycles. The first-order valence-electron chi connectivity index (χ1n) is 8.01. The first kappa shape index (κ1) is 17.5. The lowest BCUT2D eigenvalue weighted by Crippen LogP contribution is -2.38. The van der Waals surface area contributed by atoms with Crippen LogP contribution in [0.25, 0.3) is 0 Å². The van der Waals surface area contributed by atoms with Gasteiger partial charge in [-0.1, -0.05) is 20.8 Å². The Morgan fingerprint density at radius 2 is 2.05 bits per heavy atom. The normalized spacial score (nSPS) is 12.5. The molecule has 0 saturated carbocycles. The van der Waals surface area contributed by atoms with Crippen LogP contribution in [0.5, 0.6) is 0 Å². The molecule has 0 fully saturated rings. The number of aromatic nitrogens is 2. The highest BCUT2D eigenvalue weighted by Gasteiger charge is 2.09. The van der Waals surface area contributed by atoms with Crippen LogP contribution < -0.4 is 10.6 Å². The zero-order valence-corrected chi connectivity index (χ0v) is 14.0. The molecule has 120 valence electrons. The maximum absolute atomic E-state index is 4.60. The lowest BCUT2D eigenvalue weighted by molar-refractivity contribution is 0.365. The molecule has 0 unspecified atom stereocenters. The van der Waals surface area contributed by atoms with Gasteiger partial charge in [-0.05, 0) is 37.7 Å². The molecule has 0 atom stereocenters. The van der Waals surface area contributed by atoms with Crippen LogP contribution >= 0.6 is 0 Å². The minimum Gasteiger partial charge on any atom is -0.357 e. The maximum atomic E-state index is 4.60. The van der Waals surface area contributed by atoms with Gasteiger partial charge in [-0.15, -0.1) is 0 Å². The number of aliphatic imine (C=N–C) groups is 1. The summed E-state index contributed by atoms with van der Waals surface area (Å²) in [5, 5.41) is 10.9. The second-order valence-electron chi connectivity index (χ2n) is 6.47. The summed E-state index contributed by atoms with van der Waals surface area (Å²) in [6, 6.07) is 1.95. The Bertz CT molecular complexity index is 389. The second-order valence-corrected chi connectivity index (χ2v) is 6.47. The quantitative estimate of drug-likeness (QED) is 0.440. The average Bonchev–Trinajstić information content (AvgIpc) is 2.91. The van der Waals surface area contributed by atoms with Crippen molar-refractivity contribution in [3.63, 3.8) is 0 Å². The van der Waals surface area contributed by atoms with E-state index in [4.69, 9.17) is 0 Å². The molecule has 1 rings (SSSR count). The molecule has 5 heteroatoms. The number of hydrogen-bond acceptors (Lipinski definition) is 2. The maximum Gasteiger partial charge on any atom is 0.191 e. The molecule has 21 heavy (non-hydrogen) atoms. The number of hydrogen-bond donors (Lipinski definition) is 2. The Morgan fingerprint density at radius 1 is 1.24 bits per heavy atom. The molecule has 0 bridgehead atoms. The molecular formula is C16H31N5. The van der Waals surface area contributed by atoms with Crippen LogP contribution in [0, 0.1) is 5.41 Å². The summed E-state index contributed by atoms with van der Waals surface area (Å²) in [6.45, 7) is 12.5. The van der Waals surface area contributed by atoms with Crippen LogP contribution in [0.3, 0.4) is 0 Å². The molecule has 0 aliphatic carbocycles. The Kier molecular flexibility index (Phi) is 7.87. The van der Waals surface area contributed by atoms with Crippen molar-refractivity contribution in [3.05, 3.63) is 18.5 Å². The predicted molar refractivity (Wildman–Crippen MR) is 89.5 cm³/mol. The third-order valence-corrected chi connectivity index (χ3v) is 3.11. The molecule has 5 nitrogen and oxygen atoms in total. The Hall–Kier alpha value is -1.52. The molecule has 0 radical (unpaired) electrons. The lowest BCUT2D eigenvalue weighted by atomic mass is 9.91. The van der Waals surface area contributed by atoms with Crippen molar-refractivity contribution in [2.24, 2.45) is 10.4 Å². The third-order valence-electron chi connectivity index (χ3n) is 3.11. The van der Waals surface area contributed by atoms with E-state index in [9.17, 15) is 0 Å². The highest BCUT2D eigenvalue weighted by atomic mass is 15.3. The molecule has 0 aliphatic rings. The molecule has 1 heterocycles. The van der Waals surface area contributed by atoms with Gasteiger partial charge in [0.25, 0.3) is 0 Å². The van der Waals surface area contributed by atoms with Gasteiger partial charge in [0.05, 0.1) is 0 Å². The number of guanidine groups is 1. The van der Waals surface area contributed by atoms with Gasteiger partial charge in [-0.2, -0.15) is 5.10 Å². The van der Waals surface area contributed by atoms with Crippen molar-refractivity contribution in [1.82, 2.24) is 20.4 Å². The van der Waals surface area contributed by atoms with Gasteiger partial charge in [0, 0.05) is 38.6 Å². The fourth-order valence-electron chi connectivity index (χ4n) is 2.02. The van der Waals surface area contributed by atoms with E-state index in [1.165, 1.54) is 12.8 Å². The van der Waals surface area contributed by atoms with E-state index in [1.807, 2.05) is 23.1 Å². The minimum absolute atomic E-state index is 0.404. The summed E-state index contributed by atoms with van der Waals surface area (Å²) in [5.41, 5.74) is 0.404. The monoisotopic (exact) mass is 293 g/mol. The Labute approximate surface area is 129 Å². The molecule has 0 amide bonds. The van der Waals surface area contributed by atoms with E-state index in [1.54, 1.807) is 0 Å². The summed E-state index contributed by atoms with van der Waals surface area (Å²) in [4.78, 5) is 4.60. The van der Waals surface area contributed by atoms with Crippen LogP contribution in [0.4, 0.5) is 0 Å². The highest BCUT2D eigenvalue weighted by molar-refractivity contribution is 5.79.